The molecule has 0 atom stereocenters. The highest BCUT2D eigenvalue weighted by Crippen LogP contribution is 2.37. The van der Waals surface area contributed by atoms with E-state index in [9.17, 15) is 4.79 Å². The van der Waals surface area contributed by atoms with Crippen molar-refractivity contribution in [2.75, 3.05) is 18.9 Å². The Bertz CT molecular complexity index is 902. The second kappa shape index (κ2) is 6.02. The lowest BCUT2D eigenvalue weighted by atomic mass is 9.97. The Hall–Kier alpha value is -2.79. The first-order chi connectivity index (χ1) is 11.7. The summed E-state index contributed by atoms with van der Waals surface area (Å²) in [5, 5.41) is 2.45. The fourth-order valence-corrected chi connectivity index (χ4v) is 3.59. The van der Waals surface area contributed by atoms with Gasteiger partial charge in [-0.3, -0.25) is 4.79 Å². The predicted octanol–water partition coefficient (Wildman–Crippen LogP) is 4.00. The second-order valence-electron chi connectivity index (χ2n) is 5.44. The average Bonchev–Trinajstić information content (AvgIpc) is 3.03. The molecule has 0 fully saturated rings. The molecule has 5 heteroatoms. The van der Waals surface area contributed by atoms with Crippen molar-refractivity contribution in [1.29, 1.82) is 0 Å². The number of anilines is 1. The maximum absolute atomic E-state index is 13.0. The van der Waals surface area contributed by atoms with Crippen LogP contribution in [-0.4, -0.2) is 19.0 Å². The summed E-state index contributed by atoms with van der Waals surface area (Å²) in [7, 11) is 0. The van der Waals surface area contributed by atoms with Crippen LogP contribution in [0.5, 0.6) is 11.5 Å². The molecule has 0 unspecified atom stereocenters. The minimum atomic E-state index is -0.107. The Labute approximate surface area is 143 Å². The molecule has 4 rings (SSSR count). The maximum Gasteiger partial charge on any atom is 0.196 e. The summed E-state index contributed by atoms with van der Waals surface area (Å²) in [5.41, 5.74) is 9.02. The topological polar surface area (TPSA) is 61.6 Å². The number of carbonyl (C=O) groups is 1. The largest absolute Gasteiger partial charge is 0.486 e. The van der Waals surface area contributed by atoms with E-state index in [0.717, 1.165) is 11.1 Å². The first-order valence-electron chi connectivity index (χ1n) is 7.61. The molecule has 120 valence electrons. The lowest BCUT2D eigenvalue weighted by molar-refractivity contribution is 0.103. The van der Waals surface area contributed by atoms with Crippen molar-refractivity contribution in [2.24, 2.45) is 0 Å². The Morgan fingerprint density at radius 2 is 1.75 bits per heavy atom. The molecular formula is C19H15NO3S. The number of ether oxygens (including phenoxy) is 2. The number of nitrogens with two attached hydrogens (primary N) is 1. The summed E-state index contributed by atoms with van der Waals surface area (Å²) in [6.07, 6.45) is 0. The third-order valence-corrected chi connectivity index (χ3v) is 4.75. The van der Waals surface area contributed by atoms with Gasteiger partial charge in [0, 0.05) is 16.5 Å². The van der Waals surface area contributed by atoms with Crippen molar-refractivity contribution in [3.63, 3.8) is 0 Å². The van der Waals surface area contributed by atoms with E-state index >= 15 is 0 Å². The number of carbonyl (C=O) groups excluding carboxylic acids is 1. The second-order valence-corrected chi connectivity index (χ2v) is 6.35. The third kappa shape index (κ3) is 2.53. The number of nitrogen functional groups attached to an aromatic ring is 1. The third-order valence-electron chi connectivity index (χ3n) is 3.94. The molecule has 0 spiro atoms. The molecule has 0 bridgehead atoms. The highest BCUT2D eigenvalue weighted by Gasteiger charge is 2.22. The lowest BCUT2D eigenvalue weighted by Crippen LogP contribution is -2.16. The van der Waals surface area contributed by atoms with E-state index < -0.39 is 0 Å². The van der Waals surface area contributed by atoms with Gasteiger partial charge in [0.2, 0.25) is 0 Å². The summed E-state index contributed by atoms with van der Waals surface area (Å²) in [4.78, 5) is 13.0. The smallest absolute Gasteiger partial charge is 0.196 e. The van der Waals surface area contributed by atoms with Gasteiger partial charge < -0.3 is 15.2 Å². The maximum atomic E-state index is 13.0. The molecule has 2 heterocycles. The van der Waals surface area contributed by atoms with Crippen LogP contribution >= 0.6 is 11.3 Å². The summed E-state index contributed by atoms with van der Waals surface area (Å²) in [6, 6.07) is 15.0. The van der Waals surface area contributed by atoms with Crippen molar-refractivity contribution in [2.45, 2.75) is 0 Å². The van der Waals surface area contributed by atoms with Crippen molar-refractivity contribution in [3.8, 4) is 22.6 Å². The minimum absolute atomic E-state index is 0.107. The Morgan fingerprint density at radius 3 is 2.54 bits per heavy atom. The molecular weight excluding hydrogens is 322 g/mol. The normalized spacial score (nSPS) is 12.8. The minimum Gasteiger partial charge on any atom is -0.486 e. The van der Waals surface area contributed by atoms with Gasteiger partial charge >= 0.3 is 0 Å². The molecule has 24 heavy (non-hydrogen) atoms. The van der Waals surface area contributed by atoms with Gasteiger partial charge in [-0.1, -0.05) is 30.3 Å². The van der Waals surface area contributed by atoms with Gasteiger partial charge in [-0.25, -0.2) is 0 Å². The van der Waals surface area contributed by atoms with Crippen LogP contribution in [0.4, 0.5) is 5.00 Å². The summed E-state index contributed by atoms with van der Waals surface area (Å²) in [6.45, 7) is 1.01. The van der Waals surface area contributed by atoms with Gasteiger partial charge in [-0.05, 0) is 23.8 Å². The van der Waals surface area contributed by atoms with Crippen LogP contribution in [-0.2, 0) is 0 Å². The Balaban J connectivity index is 1.77. The van der Waals surface area contributed by atoms with E-state index in [4.69, 9.17) is 15.2 Å². The molecule has 4 nitrogen and oxygen atoms in total. The molecule has 3 aromatic rings. The molecule has 1 aromatic heterocycles. The number of thiophene rings is 1. The van der Waals surface area contributed by atoms with E-state index in [1.165, 1.54) is 11.3 Å². The average molecular weight is 337 g/mol. The molecule has 0 amide bonds. The fourth-order valence-electron chi connectivity index (χ4n) is 2.77. The van der Waals surface area contributed by atoms with Crippen LogP contribution in [0.25, 0.3) is 11.1 Å². The Kier molecular flexibility index (Phi) is 3.70. The summed E-state index contributed by atoms with van der Waals surface area (Å²) < 4.78 is 11.1. The summed E-state index contributed by atoms with van der Waals surface area (Å²) >= 11 is 1.38. The van der Waals surface area contributed by atoms with Gasteiger partial charge in [0.05, 0.1) is 10.6 Å². The molecule has 1 aliphatic heterocycles. The van der Waals surface area contributed by atoms with Crippen LogP contribution in [0.2, 0.25) is 0 Å². The van der Waals surface area contributed by atoms with E-state index in [1.54, 1.807) is 18.2 Å². The van der Waals surface area contributed by atoms with E-state index in [-0.39, 0.29) is 5.78 Å². The van der Waals surface area contributed by atoms with Crippen LogP contribution in [0.15, 0.2) is 53.9 Å². The number of ketones is 1. The SMILES string of the molecule is Nc1scc(-c2ccccc2)c1C(=O)c1ccc2c(c1)OCCO2. The van der Waals surface area contributed by atoms with Gasteiger partial charge in [0.25, 0.3) is 0 Å². The molecule has 2 aromatic carbocycles. The zero-order valence-corrected chi connectivity index (χ0v) is 13.6. The molecule has 1 aliphatic rings. The van der Waals surface area contributed by atoms with Gasteiger partial charge in [-0.2, -0.15) is 0 Å². The zero-order valence-electron chi connectivity index (χ0n) is 12.8. The highest BCUT2D eigenvalue weighted by molar-refractivity contribution is 7.15. The lowest BCUT2D eigenvalue weighted by Gasteiger charge is -2.18. The first-order valence-corrected chi connectivity index (χ1v) is 8.49. The molecule has 0 saturated carbocycles. The predicted molar refractivity (Wildman–Crippen MR) is 95.0 cm³/mol. The van der Waals surface area contributed by atoms with Crippen molar-refractivity contribution in [1.82, 2.24) is 0 Å². The standard InChI is InChI=1S/C19H15NO3S/c20-19-17(14(11-24-19)12-4-2-1-3-5-12)18(21)13-6-7-15-16(10-13)23-9-8-22-15/h1-7,10-11H,8-9,20H2. The van der Waals surface area contributed by atoms with Crippen molar-refractivity contribution >= 4 is 22.1 Å². The first kappa shape index (κ1) is 14.8. The van der Waals surface area contributed by atoms with Crippen LogP contribution in [0.1, 0.15) is 15.9 Å². The van der Waals surface area contributed by atoms with Gasteiger partial charge in [-0.15, -0.1) is 11.3 Å². The number of hydrogen-bond acceptors (Lipinski definition) is 5. The summed E-state index contributed by atoms with van der Waals surface area (Å²) in [5.74, 6) is 1.16. The Morgan fingerprint density at radius 1 is 1.00 bits per heavy atom. The number of fused-ring (bicyclic) bond motifs is 1. The quantitative estimate of drug-likeness (QED) is 0.734. The van der Waals surface area contributed by atoms with E-state index in [0.29, 0.717) is 40.8 Å². The molecule has 2 N–H and O–H groups in total. The van der Waals surface area contributed by atoms with Crippen LogP contribution in [0, 0.1) is 0 Å². The fraction of sp³-hybridized carbons (Fsp3) is 0.105. The van der Waals surface area contributed by atoms with Gasteiger partial charge in [0.15, 0.2) is 17.3 Å². The van der Waals surface area contributed by atoms with E-state index in [1.807, 2.05) is 35.7 Å². The highest BCUT2D eigenvalue weighted by atomic mass is 32.1. The molecule has 0 aliphatic carbocycles. The number of hydrogen-bond donors (Lipinski definition) is 1. The van der Waals surface area contributed by atoms with E-state index in [2.05, 4.69) is 0 Å². The molecule has 0 saturated heterocycles. The van der Waals surface area contributed by atoms with Crippen LogP contribution in [0.3, 0.4) is 0 Å². The number of benzene rings is 2. The van der Waals surface area contributed by atoms with Crippen molar-refractivity contribution < 1.29 is 14.3 Å². The monoisotopic (exact) mass is 337 g/mol. The molecule has 0 radical (unpaired) electrons. The number of rotatable bonds is 3. The van der Waals surface area contributed by atoms with Crippen molar-refractivity contribution in [3.05, 3.63) is 65.0 Å². The van der Waals surface area contributed by atoms with Crippen LogP contribution < -0.4 is 15.2 Å². The zero-order chi connectivity index (χ0) is 16.5. The van der Waals surface area contributed by atoms with Gasteiger partial charge in [0.1, 0.15) is 13.2 Å².